The maximum atomic E-state index is 12.4. The van der Waals surface area contributed by atoms with E-state index in [1.54, 1.807) is 24.1 Å². The fourth-order valence-electron chi connectivity index (χ4n) is 1.99. The number of nitrogens with one attached hydrogen (secondary N) is 3. The van der Waals surface area contributed by atoms with Crippen LogP contribution in [0.5, 0.6) is 0 Å². The van der Waals surface area contributed by atoms with Crippen molar-refractivity contribution in [1.29, 1.82) is 0 Å². The van der Waals surface area contributed by atoms with E-state index in [0.29, 0.717) is 17.8 Å². The largest absolute Gasteiger partial charge is 0.340 e. The minimum atomic E-state index is -0.321. The smallest absolute Gasteiger partial charge is 0.319 e. The van der Waals surface area contributed by atoms with Crippen LogP contribution in [0.25, 0.3) is 0 Å². The number of anilines is 1. The molecule has 0 fully saturated rings. The van der Waals surface area contributed by atoms with Crippen molar-refractivity contribution in [3.8, 4) is 0 Å². The second-order valence-electron chi connectivity index (χ2n) is 6.69. The number of amides is 3. The lowest BCUT2D eigenvalue weighted by Gasteiger charge is -2.22. The van der Waals surface area contributed by atoms with E-state index in [1.807, 2.05) is 40.8 Å². The van der Waals surface area contributed by atoms with Gasteiger partial charge < -0.3 is 20.9 Å². The number of hydrogen-bond donors (Lipinski definition) is 3. The van der Waals surface area contributed by atoms with Gasteiger partial charge in [0.25, 0.3) is 5.91 Å². The van der Waals surface area contributed by atoms with Crippen LogP contribution in [0.2, 0.25) is 0 Å². The predicted octanol–water partition coefficient (Wildman–Crippen LogP) is 2.63. The van der Waals surface area contributed by atoms with Crippen LogP contribution in [-0.2, 0) is 0 Å². The summed E-state index contributed by atoms with van der Waals surface area (Å²) in [6.45, 7) is 8.98. The van der Waals surface area contributed by atoms with E-state index in [0.717, 1.165) is 12.1 Å². The number of likely N-dealkylation sites (N-methyl/N-ethyl adjacent to an activating group) is 2. The van der Waals surface area contributed by atoms with Gasteiger partial charge in [-0.2, -0.15) is 0 Å². The van der Waals surface area contributed by atoms with Gasteiger partial charge in [-0.25, -0.2) is 4.79 Å². The third-order valence-corrected chi connectivity index (χ3v) is 3.27. The van der Waals surface area contributed by atoms with Gasteiger partial charge in [-0.1, -0.05) is 6.07 Å². The summed E-state index contributed by atoms with van der Waals surface area (Å²) < 4.78 is 0. The lowest BCUT2D eigenvalue weighted by Crippen LogP contribution is -2.43. The molecule has 0 spiro atoms. The van der Waals surface area contributed by atoms with Crippen LogP contribution in [-0.4, -0.2) is 49.6 Å². The Kier molecular flexibility index (Phi) is 8.78. The minimum absolute atomic E-state index is 0. The SMILES string of the molecule is CNCCN(C)C(=O)c1ccc(C)c(NC(=O)NC(C)(C)C)c1.Cl. The number of rotatable bonds is 5. The summed E-state index contributed by atoms with van der Waals surface area (Å²) >= 11 is 0. The van der Waals surface area contributed by atoms with Gasteiger partial charge in [-0.15, -0.1) is 12.4 Å². The molecule has 1 aromatic rings. The minimum Gasteiger partial charge on any atom is -0.340 e. The van der Waals surface area contributed by atoms with Crippen LogP contribution in [0.3, 0.4) is 0 Å². The standard InChI is InChI=1S/C17H28N4O2.ClH/c1-12-7-8-13(15(22)21(6)10-9-18-5)11-14(12)19-16(23)20-17(2,3)4;/h7-8,11,18H,9-10H2,1-6H3,(H2,19,20,23);1H. The van der Waals surface area contributed by atoms with E-state index in [9.17, 15) is 9.59 Å². The normalized spacial score (nSPS) is 10.6. The van der Waals surface area contributed by atoms with Gasteiger partial charge in [0.2, 0.25) is 0 Å². The molecule has 1 aromatic carbocycles. The third kappa shape index (κ3) is 7.19. The number of aryl methyl sites for hydroxylation is 1. The molecule has 1 rings (SSSR count). The van der Waals surface area contributed by atoms with Crippen LogP contribution < -0.4 is 16.0 Å². The van der Waals surface area contributed by atoms with Crippen molar-refractivity contribution in [2.45, 2.75) is 33.2 Å². The Morgan fingerprint density at radius 1 is 1.21 bits per heavy atom. The molecule has 3 N–H and O–H groups in total. The van der Waals surface area contributed by atoms with Crippen LogP contribution in [0, 0.1) is 6.92 Å². The Balaban J connectivity index is 0.00000529. The highest BCUT2D eigenvalue weighted by Gasteiger charge is 2.16. The predicted molar refractivity (Wildman–Crippen MR) is 101 cm³/mol. The number of benzene rings is 1. The van der Waals surface area contributed by atoms with E-state index in [4.69, 9.17) is 0 Å². The average Bonchev–Trinajstić information content (AvgIpc) is 2.44. The van der Waals surface area contributed by atoms with Crippen molar-refractivity contribution in [3.63, 3.8) is 0 Å². The van der Waals surface area contributed by atoms with Gasteiger partial charge in [-0.05, 0) is 52.4 Å². The molecular formula is C17H29ClN4O2. The molecule has 136 valence electrons. The first-order valence-corrected chi connectivity index (χ1v) is 7.74. The fourth-order valence-corrected chi connectivity index (χ4v) is 1.99. The zero-order chi connectivity index (χ0) is 17.6. The van der Waals surface area contributed by atoms with Gasteiger partial charge >= 0.3 is 6.03 Å². The van der Waals surface area contributed by atoms with Crippen molar-refractivity contribution in [3.05, 3.63) is 29.3 Å². The molecular weight excluding hydrogens is 328 g/mol. The third-order valence-electron chi connectivity index (χ3n) is 3.27. The first kappa shape index (κ1) is 22.2. The Morgan fingerprint density at radius 3 is 2.38 bits per heavy atom. The van der Waals surface area contributed by atoms with Crippen molar-refractivity contribution in [2.24, 2.45) is 0 Å². The molecule has 7 heteroatoms. The molecule has 0 heterocycles. The highest BCUT2D eigenvalue weighted by Crippen LogP contribution is 2.18. The number of hydrogen-bond acceptors (Lipinski definition) is 3. The molecule has 0 atom stereocenters. The van der Waals surface area contributed by atoms with Crippen LogP contribution in [0.15, 0.2) is 18.2 Å². The molecule has 0 aromatic heterocycles. The van der Waals surface area contributed by atoms with Crippen molar-refractivity contribution in [1.82, 2.24) is 15.5 Å². The molecule has 0 saturated heterocycles. The van der Waals surface area contributed by atoms with E-state index in [-0.39, 0.29) is 29.9 Å². The maximum Gasteiger partial charge on any atom is 0.319 e. The first-order valence-electron chi connectivity index (χ1n) is 7.74. The summed E-state index contributed by atoms with van der Waals surface area (Å²) in [6.07, 6.45) is 0. The fraction of sp³-hybridized carbons (Fsp3) is 0.529. The van der Waals surface area contributed by atoms with Gasteiger partial charge in [0.15, 0.2) is 0 Å². The summed E-state index contributed by atoms with van der Waals surface area (Å²) in [5.41, 5.74) is 1.78. The van der Waals surface area contributed by atoms with Crippen LogP contribution in [0.4, 0.5) is 10.5 Å². The lowest BCUT2D eigenvalue weighted by molar-refractivity contribution is 0.0797. The quantitative estimate of drug-likeness (QED) is 0.759. The maximum absolute atomic E-state index is 12.4. The molecule has 0 aliphatic rings. The highest BCUT2D eigenvalue weighted by molar-refractivity contribution is 5.97. The zero-order valence-electron chi connectivity index (χ0n) is 15.3. The molecule has 6 nitrogen and oxygen atoms in total. The summed E-state index contributed by atoms with van der Waals surface area (Å²) in [6, 6.07) is 5.05. The van der Waals surface area contributed by atoms with Gasteiger partial charge in [0, 0.05) is 36.9 Å². The first-order chi connectivity index (χ1) is 10.6. The Hall–Kier alpha value is -1.79. The Labute approximate surface area is 150 Å². The van der Waals surface area contributed by atoms with Gasteiger partial charge in [0.1, 0.15) is 0 Å². The number of nitrogens with zero attached hydrogens (tertiary/aromatic N) is 1. The molecule has 0 aliphatic carbocycles. The number of urea groups is 1. The van der Waals surface area contributed by atoms with Gasteiger partial charge in [0.05, 0.1) is 0 Å². The zero-order valence-corrected chi connectivity index (χ0v) is 16.1. The summed E-state index contributed by atoms with van der Waals surface area (Å²) in [5.74, 6) is -0.0699. The van der Waals surface area contributed by atoms with Crippen LogP contribution in [0.1, 0.15) is 36.7 Å². The van der Waals surface area contributed by atoms with E-state index in [1.165, 1.54) is 0 Å². The number of halogens is 1. The van der Waals surface area contributed by atoms with Crippen LogP contribution >= 0.6 is 12.4 Å². The number of carbonyl (C=O) groups excluding carboxylic acids is 2. The molecule has 3 amide bonds. The monoisotopic (exact) mass is 356 g/mol. The molecule has 0 aliphatic heterocycles. The second-order valence-corrected chi connectivity index (χ2v) is 6.69. The number of carbonyl (C=O) groups is 2. The van der Waals surface area contributed by atoms with E-state index < -0.39 is 0 Å². The van der Waals surface area contributed by atoms with Crippen molar-refractivity contribution < 1.29 is 9.59 Å². The van der Waals surface area contributed by atoms with E-state index in [2.05, 4.69) is 16.0 Å². The molecule has 0 radical (unpaired) electrons. The summed E-state index contributed by atoms with van der Waals surface area (Å²) in [4.78, 5) is 26.1. The van der Waals surface area contributed by atoms with Gasteiger partial charge in [-0.3, -0.25) is 4.79 Å². The topological polar surface area (TPSA) is 73.5 Å². The average molecular weight is 357 g/mol. The second kappa shape index (κ2) is 9.49. The Bertz CT molecular complexity index is 570. The van der Waals surface area contributed by atoms with Crippen molar-refractivity contribution in [2.75, 3.05) is 32.5 Å². The van der Waals surface area contributed by atoms with E-state index >= 15 is 0 Å². The molecule has 0 bridgehead atoms. The molecule has 0 unspecified atom stereocenters. The Morgan fingerprint density at radius 2 is 1.83 bits per heavy atom. The molecule has 24 heavy (non-hydrogen) atoms. The molecule has 0 saturated carbocycles. The van der Waals surface area contributed by atoms with Crippen molar-refractivity contribution >= 4 is 30.0 Å². The highest BCUT2D eigenvalue weighted by atomic mass is 35.5. The summed E-state index contributed by atoms with van der Waals surface area (Å²) in [5, 5.41) is 8.67. The lowest BCUT2D eigenvalue weighted by atomic mass is 10.1. The summed E-state index contributed by atoms with van der Waals surface area (Å²) in [7, 11) is 3.61.